The summed E-state index contributed by atoms with van der Waals surface area (Å²) in [5.74, 6) is 0.218. The first-order chi connectivity index (χ1) is 9.08. The lowest BCUT2D eigenvalue weighted by Gasteiger charge is -2.36. The first-order valence-corrected chi connectivity index (χ1v) is 7.69. The lowest BCUT2D eigenvalue weighted by molar-refractivity contribution is -0.149. The molecule has 1 aliphatic heterocycles. The quantitative estimate of drug-likeness (QED) is 0.793. The van der Waals surface area contributed by atoms with E-state index in [9.17, 15) is 9.90 Å². The van der Waals surface area contributed by atoms with Crippen LogP contribution in [0.5, 0.6) is 0 Å². The van der Waals surface area contributed by atoms with Crippen LogP contribution in [0, 0.1) is 5.92 Å². The number of carbonyl (C=O) groups is 1. The average Bonchev–Trinajstić information content (AvgIpc) is 2.76. The Morgan fingerprint density at radius 1 is 1.26 bits per heavy atom. The largest absolute Gasteiger partial charge is 0.462 e. The van der Waals surface area contributed by atoms with Crippen LogP contribution in [-0.4, -0.2) is 47.3 Å². The second-order valence-electron chi connectivity index (χ2n) is 6.23. The van der Waals surface area contributed by atoms with Crippen molar-refractivity contribution in [1.82, 2.24) is 4.90 Å². The van der Waals surface area contributed by atoms with Gasteiger partial charge in [0.1, 0.15) is 0 Å². The number of nitrogens with zero attached hydrogens (tertiary/aromatic N) is 1. The van der Waals surface area contributed by atoms with Crippen molar-refractivity contribution >= 4 is 5.97 Å². The molecule has 1 heterocycles. The van der Waals surface area contributed by atoms with E-state index in [0.29, 0.717) is 18.5 Å². The predicted molar refractivity (Wildman–Crippen MR) is 73.8 cm³/mol. The summed E-state index contributed by atoms with van der Waals surface area (Å²) in [7, 11) is 0. The molecule has 0 aromatic carbocycles. The van der Waals surface area contributed by atoms with Crippen molar-refractivity contribution in [3.05, 3.63) is 0 Å². The van der Waals surface area contributed by atoms with Crippen LogP contribution in [0.4, 0.5) is 0 Å². The number of aliphatic hydroxyl groups excluding tert-OH is 1. The molecule has 0 aromatic heterocycles. The zero-order chi connectivity index (χ0) is 13.8. The highest BCUT2D eigenvalue weighted by atomic mass is 16.5. The van der Waals surface area contributed by atoms with Gasteiger partial charge in [0.15, 0.2) is 0 Å². The molecule has 4 nitrogen and oxygen atoms in total. The second-order valence-corrected chi connectivity index (χ2v) is 6.23. The van der Waals surface area contributed by atoms with Crippen LogP contribution in [0.1, 0.15) is 52.4 Å². The minimum atomic E-state index is -0.180. The Kier molecular flexibility index (Phi) is 5.22. The van der Waals surface area contributed by atoms with Crippen LogP contribution in [0.2, 0.25) is 0 Å². The molecule has 110 valence electrons. The Labute approximate surface area is 116 Å². The Bertz CT molecular complexity index is 306. The second kappa shape index (κ2) is 6.71. The summed E-state index contributed by atoms with van der Waals surface area (Å²) in [6.45, 7) is 5.10. The van der Waals surface area contributed by atoms with Crippen molar-refractivity contribution < 1.29 is 14.6 Å². The van der Waals surface area contributed by atoms with E-state index in [1.165, 1.54) is 6.42 Å². The van der Waals surface area contributed by atoms with E-state index in [-0.39, 0.29) is 18.2 Å². The Morgan fingerprint density at radius 2 is 2.00 bits per heavy atom. The molecule has 1 saturated heterocycles. The normalized spacial score (nSPS) is 32.7. The number of ether oxygens (including phenoxy) is 1. The van der Waals surface area contributed by atoms with Gasteiger partial charge in [-0.3, -0.25) is 9.69 Å². The summed E-state index contributed by atoms with van der Waals surface area (Å²) in [5, 5.41) is 10.2. The summed E-state index contributed by atoms with van der Waals surface area (Å²) in [6, 6.07) is 0.370. The average molecular weight is 269 g/mol. The maximum Gasteiger partial charge on any atom is 0.320 e. The van der Waals surface area contributed by atoms with E-state index in [4.69, 9.17) is 4.74 Å². The standard InChI is InChI=1S/C15H27NO3/c1-11(2)19-15(18)10-16-9-5-7-13(16)12-6-3-4-8-14(12)17/h11-14,17H,3-10H2,1-2H3. The number of likely N-dealkylation sites (tertiary alicyclic amines) is 1. The third kappa shape index (κ3) is 3.93. The summed E-state index contributed by atoms with van der Waals surface area (Å²) >= 11 is 0. The van der Waals surface area contributed by atoms with Crippen molar-refractivity contribution in [1.29, 1.82) is 0 Å². The zero-order valence-corrected chi connectivity index (χ0v) is 12.2. The van der Waals surface area contributed by atoms with Gasteiger partial charge in [0, 0.05) is 12.0 Å². The predicted octanol–water partition coefficient (Wildman–Crippen LogP) is 1.95. The number of carbonyl (C=O) groups excluding carboxylic acids is 1. The highest BCUT2D eigenvalue weighted by Gasteiger charge is 2.37. The fourth-order valence-corrected chi connectivity index (χ4v) is 3.59. The van der Waals surface area contributed by atoms with Crippen LogP contribution in [-0.2, 0) is 9.53 Å². The van der Waals surface area contributed by atoms with E-state index in [0.717, 1.165) is 38.6 Å². The monoisotopic (exact) mass is 269 g/mol. The third-order valence-electron chi connectivity index (χ3n) is 4.39. The molecular formula is C15H27NO3. The SMILES string of the molecule is CC(C)OC(=O)CN1CCCC1C1CCCCC1O. The number of hydrogen-bond acceptors (Lipinski definition) is 4. The van der Waals surface area contributed by atoms with Gasteiger partial charge in [0.2, 0.25) is 0 Å². The number of hydrogen-bond donors (Lipinski definition) is 1. The Hall–Kier alpha value is -0.610. The molecule has 4 heteroatoms. The van der Waals surface area contributed by atoms with Crippen LogP contribution in [0.15, 0.2) is 0 Å². The van der Waals surface area contributed by atoms with Gasteiger partial charge in [-0.05, 0) is 46.1 Å². The molecule has 1 saturated carbocycles. The van der Waals surface area contributed by atoms with Crippen LogP contribution in [0.3, 0.4) is 0 Å². The third-order valence-corrected chi connectivity index (χ3v) is 4.39. The van der Waals surface area contributed by atoms with Crippen molar-refractivity contribution in [2.75, 3.05) is 13.1 Å². The molecular weight excluding hydrogens is 242 g/mol. The molecule has 2 rings (SSSR count). The number of aliphatic hydroxyl groups is 1. The summed E-state index contributed by atoms with van der Waals surface area (Å²) in [4.78, 5) is 14.0. The highest BCUT2D eigenvalue weighted by molar-refractivity contribution is 5.71. The molecule has 1 aliphatic carbocycles. The van der Waals surface area contributed by atoms with Crippen LogP contribution >= 0.6 is 0 Å². The molecule has 1 N–H and O–H groups in total. The van der Waals surface area contributed by atoms with Crippen LogP contribution in [0.25, 0.3) is 0 Å². The maximum atomic E-state index is 11.8. The fraction of sp³-hybridized carbons (Fsp3) is 0.933. The molecule has 0 radical (unpaired) electrons. The zero-order valence-electron chi connectivity index (χ0n) is 12.2. The lowest BCUT2D eigenvalue weighted by atomic mass is 9.80. The molecule has 3 atom stereocenters. The van der Waals surface area contributed by atoms with Crippen molar-refractivity contribution in [3.8, 4) is 0 Å². The van der Waals surface area contributed by atoms with Gasteiger partial charge < -0.3 is 9.84 Å². The molecule has 0 aromatic rings. The van der Waals surface area contributed by atoms with Gasteiger partial charge in [-0.1, -0.05) is 12.8 Å². The molecule has 0 amide bonds. The van der Waals surface area contributed by atoms with E-state index in [1.807, 2.05) is 13.8 Å². The summed E-state index contributed by atoms with van der Waals surface area (Å²) in [6.07, 6.45) is 6.38. The molecule has 19 heavy (non-hydrogen) atoms. The van der Waals surface area contributed by atoms with Gasteiger partial charge in [0.05, 0.1) is 18.8 Å². The van der Waals surface area contributed by atoms with Gasteiger partial charge in [-0.2, -0.15) is 0 Å². The van der Waals surface area contributed by atoms with E-state index in [1.54, 1.807) is 0 Å². The smallest absolute Gasteiger partial charge is 0.320 e. The minimum Gasteiger partial charge on any atom is -0.462 e. The first-order valence-electron chi connectivity index (χ1n) is 7.69. The van der Waals surface area contributed by atoms with E-state index in [2.05, 4.69) is 4.90 Å². The van der Waals surface area contributed by atoms with Gasteiger partial charge in [0.25, 0.3) is 0 Å². The van der Waals surface area contributed by atoms with Gasteiger partial charge in [-0.15, -0.1) is 0 Å². The minimum absolute atomic E-state index is 0.0474. The Morgan fingerprint density at radius 3 is 2.68 bits per heavy atom. The van der Waals surface area contributed by atoms with Crippen molar-refractivity contribution in [3.63, 3.8) is 0 Å². The maximum absolute atomic E-state index is 11.8. The summed E-state index contributed by atoms with van der Waals surface area (Å²) < 4.78 is 5.23. The van der Waals surface area contributed by atoms with Gasteiger partial charge >= 0.3 is 5.97 Å². The molecule has 2 fully saturated rings. The first kappa shape index (κ1) is 14.8. The molecule has 3 unspecified atom stereocenters. The Balaban J connectivity index is 1.90. The lowest BCUT2D eigenvalue weighted by Crippen LogP contribution is -2.44. The fourth-order valence-electron chi connectivity index (χ4n) is 3.59. The molecule has 2 aliphatic rings. The topological polar surface area (TPSA) is 49.8 Å². The van der Waals surface area contributed by atoms with Crippen LogP contribution < -0.4 is 0 Å². The molecule has 0 bridgehead atoms. The van der Waals surface area contributed by atoms with Crippen molar-refractivity contribution in [2.24, 2.45) is 5.92 Å². The molecule has 0 spiro atoms. The van der Waals surface area contributed by atoms with Crippen molar-refractivity contribution in [2.45, 2.75) is 70.6 Å². The number of esters is 1. The van der Waals surface area contributed by atoms with E-state index < -0.39 is 0 Å². The highest BCUT2D eigenvalue weighted by Crippen LogP contribution is 2.34. The van der Waals surface area contributed by atoms with Gasteiger partial charge in [-0.25, -0.2) is 0 Å². The number of rotatable bonds is 4. The summed E-state index contributed by atoms with van der Waals surface area (Å²) in [5.41, 5.74) is 0. The van der Waals surface area contributed by atoms with E-state index >= 15 is 0 Å².